The van der Waals surface area contributed by atoms with E-state index in [1.165, 1.54) is 11.8 Å². The lowest BCUT2D eigenvalue weighted by Crippen LogP contribution is -2.15. The van der Waals surface area contributed by atoms with Crippen LogP contribution in [0.4, 0.5) is 0 Å². The van der Waals surface area contributed by atoms with Gasteiger partial charge in [0.2, 0.25) is 0 Å². The van der Waals surface area contributed by atoms with E-state index in [-0.39, 0.29) is 11.0 Å². The van der Waals surface area contributed by atoms with E-state index < -0.39 is 5.56 Å². The van der Waals surface area contributed by atoms with Gasteiger partial charge in [-0.2, -0.15) is 5.26 Å². The van der Waals surface area contributed by atoms with Crippen LogP contribution in [0.3, 0.4) is 0 Å². The molecule has 0 aliphatic carbocycles. The molecule has 0 saturated heterocycles. The molecule has 0 spiro atoms. The summed E-state index contributed by atoms with van der Waals surface area (Å²) >= 11 is 1.31. The van der Waals surface area contributed by atoms with Crippen molar-refractivity contribution in [3.05, 3.63) is 39.7 Å². The van der Waals surface area contributed by atoms with Gasteiger partial charge in [0.05, 0.1) is 7.11 Å². The molecule has 0 amide bonds. The summed E-state index contributed by atoms with van der Waals surface area (Å²) in [4.78, 5) is 19.1. The molecule has 0 saturated carbocycles. The lowest BCUT2D eigenvalue weighted by Gasteiger charge is -2.21. The van der Waals surface area contributed by atoms with Crippen molar-refractivity contribution in [1.82, 2.24) is 9.97 Å². The fourth-order valence-electron chi connectivity index (χ4n) is 2.20. The van der Waals surface area contributed by atoms with Crippen molar-refractivity contribution in [3.63, 3.8) is 0 Å². The highest BCUT2D eigenvalue weighted by atomic mass is 32.2. The molecule has 2 rings (SSSR count). The molecule has 1 heterocycles. The van der Waals surface area contributed by atoms with Crippen LogP contribution in [0.1, 0.15) is 31.9 Å². The molecular weight excluding hydrogens is 310 g/mol. The van der Waals surface area contributed by atoms with Crippen molar-refractivity contribution in [1.29, 1.82) is 5.26 Å². The largest absolute Gasteiger partial charge is 0.496 e. The summed E-state index contributed by atoms with van der Waals surface area (Å²) in [5.74, 6) is 0.596. The maximum atomic E-state index is 12.1. The summed E-state index contributed by atoms with van der Waals surface area (Å²) in [7, 11) is 1.57. The number of thioether (sulfide) groups is 1. The predicted octanol–water partition coefficient (Wildman–Crippen LogP) is 3.34. The second-order valence-corrected chi connectivity index (χ2v) is 6.87. The van der Waals surface area contributed by atoms with E-state index in [4.69, 9.17) is 4.74 Å². The van der Waals surface area contributed by atoms with Gasteiger partial charge < -0.3 is 9.72 Å². The van der Waals surface area contributed by atoms with E-state index in [2.05, 4.69) is 30.7 Å². The third-order valence-corrected chi connectivity index (χ3v) is 4.11. The predicted molar refractivity (Wildman–Crippen MR) is 92.0 cm³/mol. The number of ether oxygens (including phenoxy) is 1. The van der Waals surface area contributed by atoms with Crippen LogP contribution in [0, 0.1) is 11.3 Å². The van der Waals surface area contributed by atoms with Gasteiger partial charge in [0, 0.05) is 5.56 Å². The summed E-state index contributed by atoms with van der Waals surface area (Å²) < 4.78 is 5.48. The molecular formula is C17H19N3O2S. The second kappa shape index (κ2) is 6.47. The van der Waals surface area contributed by atoms with Crippen molar-refractivity contribution in [2.75, 3.05) is 13.4 Å². The Morgan fingerprint density at radius 2 is 2.04 bits per heavy atom. The standard InChI is InChI=1S/C17H19N3O2S/c1-17(2,3)10-6-7-11(13(8-10)22-4)14-12(9-18)15(21)20-16(19-14)23-5/h6-8H,1-5H3,(H,19,20,21). The van der Waals surface area contributed by atoms with Crippen LogP contribution < -0.4 is 10.3 Å². The molecule has 0 fully saturated rings. The summed E-state index contributed by atoms with van der Waals surface area (Å²) in [6.07, 6.45) is 1.81. The third kappa shape index (κ3) is 3.40. The average molecular weight is 329 g/mol. The topological polar surface area (TPSA) is 78.8 Å². The molecule has 0 unspecified atom stereocenters. The Morgan fingerprint density at radius 3 is 2.57 bits per heavy atom. The Balaban J connectivity index is 2.74. The van der Waals surface area contributed by atoms with Crippen LogP contribution in [0.15, 0.2) is 28.2 Å². The zero-order valence-electron chi connectivity index (χ0n) is 13.9. The molecule has 5 nitrogen and oxygen atoms in total. The molecule has 0 aliphatic heterocycles. The van der Waals surface area contributed by atoms with Crippen molar-refractivity contribution in [3.8, 4) is 23.1 Å². The van der Waals surface area contributed by atoms with Crippen LogP contribution in [-0.4, -0.2) is 23.3 Å². The van der Waals surface area contributed by atoms with Crippen molar-refractivity contribution in [2.24, 2.45) is 0 Å². The minimum atomic E-state index is -0.441. The highest BCUT2D eigenvalue weighted by Crippen LogP contribution is 2.34. The molecule has 0 atom stereocenters. The quantitative estimate of drug-likeness (QED) is 0.690. The van der Waals surface area contributed by atoms with Crippen LogP contribution in [-0.2, 0) is 5.41 Å². The van der Waals surface area contributed by atoms with Gasteiger partial charge in [-0.3, -0.25) is 4.79 Å². The second-order valence-electron chi connectivity index (χ2n) is 6.08. The van der Waals surface area contributed by atoms with Crippen molar-refractivity contribution in [2.45, 2.75) is 31.3 Å². The molecule has 0 aliphatic rings. The Hall–Kier alpha value is -2.26. The first-order valence-corrected chi connectivity index (χ1v) is 8.31. The first-order valence-electron chi connectivity index (χ1n) is 7.09. The van der Waals surface area contributed by atoms with Gasteiger partial charge >= 0.3 is 0 Å². The van der Waals surface area contributed by atoms with Crippen molar-refractivity contribution >= 4 is 11.8 Å². The van der Waals surface area contributed by atoms with E-state index in [1.807, 2.05) is 30.5 Å². The van der Waals surface area contributed by atoms with Gasteiger partial charge in [-0.25, -0.2) is 4.98 Å². The van der Waals surface area contributed by atoms with E-state index in [0.29, 0.717) is 22.2 Å². The highest BCUT2D eigenvalue weighted by Gasteiger charge is 2.20. The van der Waals surface area contributed by atoms with Gasteiger partial charge in [0.15, 0.2) is 5.16 Å². The van der Waals surface area contributed by atoms with E-state index in [0.717, 1.165) is 5.56 Å². The molecule has 1 aromatic carbocycles. The normalized spacial score (nSPS) is 11.1. The molecule has 2 aromatic rings. The molecule has 120 valence electrons. The van der Waals surface area contributed by atoms with Gasteiger partial charge in [-0.1, -0.05) is 38.6 Å². The Bertz CT molecular complexity index is 829. The maximum absolute atomic E-state index is 12.1. The number of aromatic nitrogens is 2. The lowest BCUT2D eigenvalue weighted by molar-refractivity contribution is 0.414. The number of benzene rings is 1. The molecule has 0 bridgehead atoms. The monoisotopic (exact) mass is 329 g/mol. The van der Waals surface area contributed by atoms with Crippen molar-refractivity contribution < 1.29 is 4.74 Å². The fraction of sp³-hybridized carbons (Fsp3) is 0.353. The van der Waals surface area contributed by atoms with Crippen LogP contribution in [0.2, 0.25) is 0 Å². The number of rotatable bonds is 3. The molecule has 6 heteroatoms. The minimum Gasteiger partial charge on any atom is -0.496 e. The van der Waals surface area contributed by atoms with E-state index >= 15 is 0 Å². The molecule has 23 heavy (non-hydrogen) atoms. The van der Waals surface area contributed by atoms with Gasteiger partial charge in [0.1, 0.15) is 23.1 Å². The smallest absolute Gasteiger partial charge is 0.270 e. The van der Waals surface area contributed by atoms with E-state index in [9.17, 15) is 10.1 Å². The van der Waals surface area contributed by atoms with Gasteiger partial charge in [-0.05, 0) is 29.4 Å². The molecule has 0 radical (unpaired) electrons. The Labute approximate surface area is 139 Å². The highest BCUT2D eigenvalue weighted by molar-refractivity contribution is 7.98. The average Bonchev–Trinajstić information content (AvgIpc) is 2.52. The number of nitrogens with one attached hydrogen (secondary N) is 1. The van der Waals surface area contributed by atoms with E-state index in [1.54, 1.807) is 7.11 Å². The molecule has 1 N–H and O–H groups in total. The third-order valence-electron chi connectivity index (χ3n) is 3.53. The number of methoxy groups -OCH3 is 1. The summed E-state index contributed by atoms with van der Waals surface area (Å²) in [5, 5.41) is 9.78. The lowest BCUT2D eigenvalue weighted by atomic mass is 9.86. The summed E-state index contributed by atoms with van der Waals surface area (Å²) in [5.41, 5.74) is 1.60. The Morgan fingerprint density at radius 1 is 1.35 bits per heavy atom. The Kier molecular flexibility index (Phi) is 4.81. The first-order chi connectivity index (χ1) is 10.8. The number of hydrogen-bond acceptors (Lipinski definition) is 5. The summed E-state index contributed by atoms with van der Waals surface area (Å²) in [6, 6.07) is 7.69. The number of H-pyrrole nitrogens is 1. The number of aromatic amines is 1. The number of hydrogen-bond donors (Lipinski definition) is 1. The fourth-order valence-corrected chi connectivity index (χ4v) is 2.58. The van der Waals surface area contributed by atoms with Crippen LogP contribution in [0.25, 0.3) is 11.3 Å². The number of nitriles is 1. The molecule has 1 aromatic heterocycles. The van der Waals surface area contributed by atoms with Crippen LogP contribution in [0.5, 0.6) is 5.75 Å². The zero-order chi connectivity index (χ0) is 17.2. The first kappa shape index (κ1) is 17.1. The zero-order valence-corrected chi connectivity index (χ0v) is 14.7. The van der Waals surface area contributed by atoms with Gasteiger partial charge in [-0.15, -0.1) is 0 Å². The summed E-state index contributed by atoms with van der Waals surface area (Å²) in [6.45, 7) is 6.33. The SMILES string of the molecule is COc1cc(C(C)(C)C)ccc1-c1nc(SC)[nH]c(=O)c1C#N. The van der Waals surface area contributed by atoms with Crippen LogP contribution >= 0.6 is 11.8 Å². The minimum absolute atomic E-state index is 0.00962. The maximum Gasteiger partial charge on any atom is 0.270 e. The number of nitrogens with zero attached hydrogens (tertiary/aromatic N) is 2. The van der Waals surface area contributed by atoms with Gasteiger partial charge in [0.25, 0.3) is 5.56 Å².